The number of carbonyl (C=O) groups excluding carboxylic acids is 1. The molecule has 0 radical (unpaired) electrons. The molecule has 1 amide bonds. The largest absolute Gasteiger partial charge is 0.497 e. The quantitative estimate of drug-likeness (QED) is 0.902. The number of halogens is 1. The van der Waals surface area contributed by atoms with Gasteiger partial charge in [-0.2, -0.15) is 5.10 Å². The predicted octanol–water partition coefficient (Wildman–Crippen LogP) is 2.33. The predicted molar refractivity (Wildman–Crippen MR) is 71.1 cm³/mol. The summed E-state index contributed by atoms with van der Waals surface area (Å²) in [5.41, 5.74) is 0.670. The van der Waals surface area contributed by atoms with E-state index in [1.54, 1.807) is 25.3 Å². The van der Waals surface area contributed by atoms with Gasteiger partial charge in [0.25, 0.3) is 5.91 Å². The SMILES string of the molecule is COc1ccc(OC)c(NC(=O)c2[nH]ncc2Cl)c1. The van der Waals surface area contributed by atoms with Gasteiger partial charge in [0, 0.05) is 6.07 Å². The molecule has 0 aliphatic carbocycles. The average molecular weight is 282 g/mol. The minimum Gasteiger partial charge on any atom is -0.497 e. The van der Waals surface area contributed by atoms with Gasteiger partial charge in [0.1, 0.15) is 17.2 Å². The van der Waals surface area contributed by atoms with E-state index >= 15 is 0 Å². The molecular formula is C12H12ClN3O3. The van der Waals surface area contributed by atoms with Gasteiger partial charge in [-0.3, -0.25) is 9.89 Å². The van der Waals surface area contributed by atoms with E-state index in [4.69, 9.17) is 21.1 Å². The van der Waals surface area contributed by atoms with Crippen molar-refractivity contribution in [3.63, 3.8) is 0 Å². The summed E-state index contributed by atoms with van der Waals surface area (Å²) in [5, 5.41) is 9.14. The normalized spacial score (nSPS) is 10.1. The van der Waals surface area contributed by atoms with E-state index in [1.165, 1.54) is 13.3 Å². The number of hydrogen-bond donors (Lipinski definition) is 2. The van der Waals surface area contributed by atoms with E-state index in [0.29, 0.717) is 17.2 Å². The lowest BCUT2D eigenvalue weighted by Gasteiger charge is -2.11. The molecule has 2 aromatic rings. The number of nitrogens with one attached hydrogen (secondary N) is 2. The Morgan fingerprint density at radius 3 is 2.74 bits per heavy atom. The Labute approximate surface area is 114 Å². The van der Waals surface area contributed by atoms with E-state index in [-0.39, 0.29) is 10.7 Å². The van der Waals surface area contributed by atoms with Crippen LogP contribution in [0.2, 0.25) is 5.02 Å². The lowest BCUT2D eigenvalue weighted by molar-refractivity contribution is 0.102. The molecule has 6 nitrogen and oxygen atoms in total. The molecule has 7 heteroatoms. The van der Waals surface area contributed by atoms with E-state index in [1.807, 2.05) is 0 Å². The van der Waals surface area contributed by atoms with Crippen molar-refractivity contribution in [2.45, 2.75) is 0 Å². The summed E-state index contributed by atoms with van der Waals surface area (Å²) in [4.78, 5) is 12.0. The number of anilines is 1. The number of nitrogens with zero attached hydrogens (tertiary/aromatic N) is 1. The number of hydrogen-bond acceptors (Lipinski definition) is 4. The molecule has 19 heavy (non-hydrogen) atoms. The van der Waals surface area contributed by atoms with Crippen molar-refractivity contribution in [2.75, 3.05) is 19.5 Å². The first kappa shape index (κ1) is 13.2. The van der Waals surface area contributed by atoms with Crippen LogP contribution in [0.4, 0.5) is 5.69 Å². The molecule has 0 saturated heterocycles. The zero-order valence-electron chi connectivity index (χ0n) is 10.4. The molecule has 0 bridgehead atoms. The topological polar surface area (TPSA) is 76.2 Å². The number of H-pyrrole nitrogens is 1. The van der Waals surface area contributed by atoms with E-state index in [2.05, 4.69) is 15.5 Å². The number of carbonyl (C=O) groups is 1. The van der Waals surface area contributed by atoms with Crippen LogP contribution in [0, 0.1) is 0 Å². The Morgan fingerprint density at radius 1 is 1.37 bits per heavy atom. The highest BCUT2D eigenvalue weighted by Gasteiger charge is 2.15. The highest BCUT2D eigenvalue weighted by atomic mass is 35.5. The lowest BCUT2D eigenvalue weighted by Crippen LogP contribution is -2.13. The van der Waals surface area contributed by atoms with E-state index < -0.39 is 5.91 Å². The van der Waals surface area contributed by atoms with Gasteiger partial charge >= 0.3 is 0 Å². The molecule has 0 spiro atoms. The first-order valence-corrected chi connectivity index (χ1v) is 5.75. The number of ether oxygens (including phenoxy) is 2. The van der Waals surface area contributed by atoms with Crippen molar-refractivity contribution in [3.8, 4) is 11.5 Å². The Bertz CT molecular complexity index is 598. The minimum atomic E-state index is -0.408. The van der Waals surface area contributed by atoms with Gasteiger partial charge in [-0.25, -0.2) is 0 Å². The maximum atomic E-state index is 12.0. The molecule has 0 aliphatic heterocycles. The van der Waals surface area contributed by atoms with Crippen LogP contribution in [0.1, 0.15) is 10.5 Å². The third-order valence-electron chi connectivity index (χ3n) is 2.47. The number of aromatic amines is 1. The van der Waals surface area contributed by atoms with Crippen molar-refractivity contribution in [1.29, 1.82) is 0 Å². The highest BCUT2D eigenvalue weighted by molar-refractivity contribution is 6.34. The third kappa shape index (κ3) is 2.79. The van der Waals surface area contributed by atoms with Crippen LogP contribution in [0.5, 0.6) is 11.5 Å². The number of methoxy groups -OCH3 is 2. The van der Waals surface area contributed by atoms with Crippen LogP contribution in [-0.4, -0.2) is 30.3 Å². The van der Waals surface area contributed by atoms with Gasteiger partial charge in [0.15, 0.2) is 0 Å². The van der Waals surface area contributed by atoms with Crippen LogP contribution in [-0.2, 0) is 0 Å². The molecular weight excluding hydrogens is 270 g/mol. The fourth-order valence-corrected chi connectivity index (χ4v) is 1.70. The summed E-state index contributed by atoms with van der Waals surface area (Å²) in [5.74, 6) is 0.714. The standard InChI is InChI=1S/C12H12ClN3O3/c1-18-7-3-4-10(19-2)9(5-7)15-12(17)11-8(13)6-14-16-11/h3-6H,1-2H3,(H,14,16)(H,15,17). The highest BCUT2D eigenvalue weighted by Crippen LogP contribution is 2.29. The molecule has 0 fully saturated rings. The van der Waals surface area contributed by atoms with Crippen molar-refractivity contribution in [1.82, 2.24) is 10.2 Å². The van der Waals surface area contributed by atoms with Crippen LogP contribution in [0.25, 0.3) is 0 Å². The van der Waals surface area contributed by atoms with Crippen molar-refractivity contribution >= 4 is 23.2 Å². The number of benzene rings is 1. The minimum absolute atomic E-state index is 0.187. The zero-order chi connectivity index (χ0) is 13.8. The van der Waals surface area contributed by atoms with Crippen molar-refractivity contribution < 1.29 is 14.3 Å². The third-order valence-corrected chi connectivity index (χ3v) is 2.76. The Kier molecular flexibility index (Phi) is 3.91. The maximum Gasteiger partial charge on any atom is 0.275 e. The smallest absolute Gasteiger partial charge is 0.275 e. The van der Waals surface area contributed by atoms with E-state index in [0.717, 1.165) is 0 Å². The second kappa shape index (κ2) is 5.62. The second-order valence-corrected chi connectivity index (χ2v) is 4.02. The summed E-state index contributed by atoms with van der Waals surface area (Å²) >= 11 is 5.82. The zero-order valence-corrected chi connectivity index (χ0v) is 11.1. The maximum absolute atomic E-state index is 12.0. The number of rotatable bonds is 4. The monoisotopic (exact) mass is 281 g/mol. The number of amides is 1. The fraction of sp³-hybridized carbons (Fsp3) is 0.167. The Hall–Kier alpha value is -2.21. The van der Waals surface area contributed by atoms with Gasteiger partial charge in [-0.15, -0.1) is 0 Å². The first-order valence-electron chi connectivity index (χ1n) is 5.38. The van der Waals surface area contributed by atoms with Gasteiger partial charge in [-0.1, -0.05) is 11.6 Å². The summed E-state index contributed by atoms with van der Waals surface area (Å²) in [6.45, 7) is 0. The molecule has 1 aromatic heterocycles. The van der Waals surface area contributed by atoms with Gasteiger partial charge in [0.2, 0.25) is 0 Å². The summed E-state index contributed by atoms with van der Waals surface area (Å²) in [6, 6.07) is 5.09. The Balaban J connectivity index is 2.27. The molecule has 100 valence electrons. The van der Waals surface area contributed by atoms with Crippen molar-refractivity contribution in [2.24, 2.45) is 0 Å². The summed E-state index contributed by atoms with van der Waals surface area (Å²) in [7, 11) is 3.06. The number of aromatic nitrogens is 2. The van der Waals surface area contributed by atoms with Crippen LogP contribution >= 0.6 is 11.6 Å². The van der Waals surface area contributed by atoms with Crippen molar-refractivity contribution in [3.05, 3.63) is 35.1 Å². The Morgan fingerprint density at radius 2 is 2.16 bits per heavy atom. The van der Waals surface area contributed by atoms with Crippen LogP contribution in [0.15, 0.2) is 24.4 Å². The molecule has 2 rings (SSSR count). The summed E-state index contributed by atoms with van der Waals surface area (Å²) in [6.07, 6.45) is 1.36. The van der Waals surface area contributed by atoms with E-state index in [9.17, 15) is 4.79 Å². The fourth-order valence-electron chi connectivity index (χ4n) is 1.53. The molecule has 0 saturated carbocycles. The molecule has 0 atom stereocenters. The van der Waals surface area contributed by atoms with Crippen LogP contribution in [0.3, 0.4) is 0 Å². The van der Waals surface area contributed by atoms with Gasteiger partial charge in [-0.05, 0) is 12.1 Å². The molecule has 1 aromatic carbocycles. The summed E-state index contributed by atoms with van der Waals surface area (Å²) < 4.78 is 10.3. The molecule has 1 heterocycles. The molecule has 2 N–H and O–H groups in total. The lowest BCUT2D eigenvalue weighted by atomic mass is 10.2. The van der Waals surface area contributed by atoms with Crippen LogP contribution < -0.4 is 14.8 Å². The second-order valence-electron chi connectivity index (χ2n) is 3.61. The average Bonchev–Trinajstić information content (AvgIpc) is 2.85. The van der Waals surface area contributed by atoms with Gasteiger partial charge < -0.3 is 14.8 Å². The molecule has 0 unspecified atom stereocenters. The molecule has 0 aliphatic rings. The first-order chi connectivity index (χ1) is 9.15. The van der Waals surface area contributed by atoms with Gasteiger partial charge in [0.05, 0.1) is 31.1 Å².